The lowest BCUT2D eigenvalue weighted by Gasteiger charge is -2.35. The highest BCUT2D eigenvalue weighted by Gasteiger charge is 2.39. The summed E-state index contributed by atoms with van der Waals surface area (Å²) < 4.78 is 40.1. The Hall–Kier alpha value is -2.52. The van der Waals surface area contributed by atoms with Gasteiger partial charge in [0.1, 0.15) is 19.4 Å². The Balaban J connectivity index is 1.89. The van der Waals surface area contributed by atoms with Gasteiger partial charge in [-0.3, -0.25) is 9.78 Å². The van der Waals surface area contributed by atoms with Gasteiger partial charge in [0.2, 0.25) is 5.91 Å². The Morgan fingerprint density at radius 2 is 2.25 bits per heavy atom. The lowest BCUT2D eigenvalue weighted by Crippen LogP contribution is -2.44. The Labute approximate surface area is 135 Å². The molecule has 0 unspecified atom stereocenters. The number of fused-ring (bicyclic) bond motifs is 1. The number of nitrogens with zero attached hydrogens (tertiary/aromatic N) is 6. The molecule has 1 atom stereocenters. The summed E-state index contributed by atoms with van der Waals surface area (Å²) in [4.78, 5) is 17.5. The van der Waals surface area contributed by atoms with Gasteiger partial charge in [-0.1, -0.05) is 6.07 Å². The van der Waals surface area contributed by atoms with Crippen LogP contribution < -0.4 is 0 Å². The van der Waals surface area contributed by atoms with E-state index >= 15 is 0 Å². The number of amides is 1. The molecule has 2 aromatic heterocycles. The van der Waals surface area contributed by atoms with Crippen molar-refractivity contribution in [3.63, 3.8) is 0 Å². The second-order valence-electron chi connectivity index (χ2n) is 5.60. The van der Waals surface area contributed by atoms with Crippen LogP contribution in [0.1, 0.15) is 30.1 Å². The second-order valence-corrected chi connectivity index (χ2v) is 5.60. The van der Waals surface area contributed by atoms with Crippen molar-refractivity contribution in [3.05, 3.63) is 35.9 Å². The number of hydrogen-bond acceptors (Lipinski definition) is 5. The highest BCUT2D eigenvalue weighted by atomic mass is 19.4. The van der Waals surface area contributed by atoms with Crippen LogP contribution in [0.5, 0.6) is 0 Å². The minimum atomic E-state index is -4.50. The van der Waals surface area contributed by atoms with Crippen LogP contribution in [0.2, 0.25) is 0 Å². The molecule has 0 aromatic carbocycles. The van der Waals surface area contributed by atoms with Gasteiger partial charge in [0.25, 0.3) is 0 Å². The zero-order valence-corrected chi connectivity index (χ0v) is 12.6. The molecule has 1 aliphatic rings. The molecule has 2 aromatic rings. The average Bonchev–Trinajstić information content (AvgIpc) is 3.04. The SMILES string of the molecule is O=C(Cn1cnnn1)N(CC(F)(F)F)[C@@H]1CCCc2cccnc21. The molecule has 0 spiro atoms. The van der Waals surface area contributed by atoms with E-state index in [0.29, 0.717) is 18.5 Å². The third-order valence-corrected chi connectivity index (χ3v) is 3.90. The monoisotopic (exact) mass is 340 g/mol. The molecule has 0 saturated heterocycles. The summed E-state index contributed by atoms with van der Waals surface area (Å²) in [6, 6.07) is 2.89. The summed E-state index contributed by atoms with van der Waals surface area (Å²) in [5.74, 6) is -0.692. The van der Waals surface area contributed by atoms with E-state index in [9.17, 15) is 18.0 Å². The van der Waals surface area contributed by atoms with Crippen LogP contribution in [0, 0.1) is 0 Å². The van der Waals surface area contributed by atoms with E-state index in [1.807, 2.05) is 6.07 Å². The molecule has 3 rings (SSSR count). The molecule has 0 aliphatic heterocycles. The molecule has 0 radical (unpaired) electrons. The molecule has 0 fully saturated rings. The zero-order chi connectivity index (χ0) is 17.2. The number of pyridine rings is 1. The smallest absolute Gasteiger partial charge is 0.323 e. The second kappa shape index (κ2) is 6.54. The lowest BCUT2D eigenvalue weighted by molar-refractivity contribution is -0.167. The van der Waals surface area contributed by atoms with Crippen LogP contribution in [0.25, 0.3) is 0 Å². The molecule has 1 aliphatic carbocycles. The summed E-state index contributed by atoms with van der Waals surface area (Å²) >= 11 is 0. The van der Waals surface area contributed by atoms with Crippen molar-refractivity contribution in [2.75, 3.05) is 6.54 Å². The summed E-state index contributed by atoms with van der Waals surface area (Å²) in [7, 11) is 0. The number of alkyl halides is 3. The van der Waals surface area contributed by atoms with E-state index in [1.165, 1.54) is 12.5 Å². The number of carbonyl (C=O) groups excluding carboxylic acids is 1. The van der Waals surface area contributed by atoms with Crippen LogP contribution in [0.3, 0.4) is 0 Å². The van der Waals surface area contributed by atoms with E-state index in [2.05, 4.69) is 20.5 Å². The Kier molecular flexibility index (Phi) is 4.45. The standard InChI is InChI=1S/C14H15F3N6O/c15-14(16,17)8-23(12(24)7-22-9-19-20-21-22)11-5-1-3-10-4-2-6-18-13(10)11/h2,4,6,9,11H,1,3,5,7-8H2/t11-/m1/s1. The van der Waals surface area contributed by atoms with Crippen molar-refractivity contribution in [2.24, 2.45) is 0 Å². The predicted molar refractivity (Wildman–Crippen MR) is 75.5 cm³/mol. The number of hydrogen-bond donors (Lipinski definition) is 0. The average molecular weight is 340 g/mol. The van der Waals surface area contributed by atoms with E-state index < -0.39 is 24.7 Å². The Bertz CT molecular complexity index is 703. The highest BCUT2D eigenvalue weighted by molar-refractivity contribution is 5.76. The fourth-order valence-electron chi connectivity index (χ4n) is 2.94. The van der Waals surface area contributed by atoms with Crippen molar-refractivity contribution in [1.29, 1.82) is 0 Å². The molecule has 2 heterocycles. The molecule has 0 N–H and O–H groups in total. The number of aryl methyl sites for hydroxylation is 1. The maximum atomic E-state index is 13.0. The van der Waals surface area contributed by atoms with Crippen molar-refractivity contribution in [1.82, 2.24) is 30.1 Å². The van der Waals surface area contributed by atoms with Crippen molar-refractivity contribution < 1.29 is 18.0 Å². The first-order valence-corrected chi connectivity index (χ1v) is 7.45. The van der Waals surface area contributed by atoms with Gasteiger partial charge >= 0.3 is 6.18 Å². The zero-order valence-electron chi connectivity index (χ0n) is 12.6. The van der Waals surface area contributed by atoms with Gasteiger partial charge in [-0.15, -0.1) is 5.10 Å². The number of rotatable bonds is 4. The van der Waals surface area contributed by atoms with E-state index in [-0.39, 0.29) is 6.54 Å². The van der Waals surface area contributed by atoms with Crippen LogP contribution in [0.15, 0.2) is 24.7 Å². The number of carbonyl (C=O) groups is 1. The van der Waals surface area contributed by atoms with Crippen molar-refractivity contribution >= 4 is 5.91 Å². The van der Waals surface area contributed by atoms with Gasteiger partial charge in [-0.05, 0) is 41.3 Å². The first-order chi connectivity index (χ1) is 11.4. The third-order valence-electron chi connectivity index (χ3n) is 3.90. The predicted octanol–water partition coefficient (Wildman–Crippen LogP) is 1.54. The first kappa shape index (κ1) is 16.3. The molecule has 1 amide bonds. The lowest BCUT2D eigenvalue weighted by atomic mass is 9.90. The fraction of sp³-hybridized carbons (Fsp3) is 0.500. The summed E-state index contributed by atoms with van der Waals surface area (Å²) in [5.41, 5.74) is 1.43. The quantitative estimate of drug-likeness (QED) is 0.844. The molecule has 128 valence electrons. The molecular formula is C14H15F3N6O. The van der Waals surface area contributed by atoms with Gasteiger partial charge in [-0.25, -0.2) is 4.68 Å². The van der Waals surface area contributed by atoms with Crippen LogP contribution >= 0.6 is 0 Å². The molecule has 0 bridgehead atoms. The van der Waals surface area contributed by atoms with Gasteiger partial charge < -0.3 is 4.90 Å². The Morgan fingerprint density at radius 3 is 2.96 bits per heavy atom. The van der Waals surface area contributed by atoms with E-state index in [0.717, 1.165) is 21.6 Å². The van der Waals surface area contributed by atoms with Gasteiger partial charge in [0.05, 0.1) is 11.7 Å². The summed E-state index contributed by atoms with van der Waals surface area (Å²) in [6.07, 6.45) is 0.131. The topological polar surface area (TPSA) is 76.8 Å². The van der Waals surface area contributed by atoms with Crippen molar-refractivity contribution in [2.45, 2.75) is 38.0 Å². The highest BCUT2D eigenvalue weighted by Crippen LogP contribution is 2.34. The van der Waals surface area contributed by atoms with Gasteiger partial charge in [0.15, 0.2) is 0 Å². The van der Waals surface area contributed by atoms with Crippen LogP contribution in [-0.4, -0.2) is 48.7 Å². The summed E-state index contributed by atoms with van der Waals surface area (Å²) in [6.45, 7) is -1.67. The number of aromatic nitrogens is 5. The molecule has 7 nitrogen and oxygen atoms in total. The maximum absolute atomic E-state index is 13.0. The van der Waals surface area contributed by atoms with Crippen molar-refractivity contribution in [3.8, 4) is 0 Å². The number of halogens is 3. The van der Waals surface area contributed by atoms with Gasteiger partial charge in [0, 0.05) is 6.20 Å². The largest absolute Gasteiger partial charge is 0.406 e. The maximum Gasteiger partial charge on any atom is 0.406 e. The minimum Gasteiger partial charge on any atom is -0.323 e. The molecular weight excluding hydrogens is 325 g/mol. The first-order valence-electron chi connectivity index (χ1n) is 7.45. The third kappa shape index (κ3) is 3.69. The molecule has 0 saturated carbocycles. The normalized spacial score (nSPS) is 17.4. The Morgan fingerprint density at radius 1 is 1.42 bits per heavy atom. The minimum absolute atomic E-state index is 0.345. The summed E-state index contributed by atoms with van der Waals surface area (Å²) in [5, 5.41) is 10.3. The van der Waals surface area contributed by atoms with Crippen LogP contribution in [0.4, 0.5) is 13.2 Å². The van der Waals surface area contributed by atoms with E-state index in [1.54, 1.807) is 6.07 Å². The fourth-order valence-corrected chi connectivity index (χ4v) is 2.94. The van der Waals surface area contributed by atoms with Gasteiger partial charge in [-0.2, -0.15) is 13.2 Å². The molecule has 10 heteroatoms. The molecule has 24 heavy (non-hydrogen) atoms. The van der Waals surface area contributed by atoms with E-state index in [4.69, 9.17) is 0 Å². The number of tetrazole rings is 1. The van der Waals surface area contributed by atoms with Crippen LogP contribution in [-0.2, 0) is 17.8 Å².